The number of hydrogen-bond acceptors (Lipinski definition) is 4. The molecule has 1 fully saturated rings. The quantitative estimate of drug-likeness (QED) is 0.801. The Balaban J connectivity index is 2.14. The number of aromatic nitrogens is 1. The molecule has 5 nitrogen and oxygen atoms in total. The minimum atomic E-state index is -0.233. The van der Waals surface area contributed by atoms with Crippen molar-refractivity contribution in [2.24, 2.45) is 0 Å². The van der Waals surface area contributed by atoms with Gasteiger partial charge in [0.1, 0.15) is 5.01 Å². The molecule has 0 aromatic carbocycles. The fourth-order valence-corrected chi connectivity index (χ4v) is 3.73. The number of thiazole rings is 1. The van der Waals surface area contributed by atoms with Crippen LogP contribution in [0.15, 0.2) is 12.7 Å². The van der Waals surface area contributed by atoms with Crippen LogP contribution in [0.2, 0.25) is 0 Å². The van der Waals surface area contributed by atoms with Crippen molar-refractivity contribution in [3.8, 4) is 0 Å². The Morgan fingerprint density at radius 1 is 1.45 bits per heavy atom. The standard InChI is InChI=1S/C16H23N3O2S/c1-5-14(20)18(4)10-15(21)19-9-7-6-8-13(19)16-17-11(2)12(3)22-16/h5,13H,1,6-10H2,2-4H3. The Morgan fingerprint density at radius 2 is 2.18 bits per heavy atom. The zero-order chi connectivity index (χ0) is 16.3. The molecule has 1 saturated heterocycles. The van der Waals surface area contributed by atoms with Crippen LogP contribution in [-0.4, -0.2) is 46.7 Å². The fraction of sp³-hybridized carbons (Fsp3) is 0.562. The van der Waals surface area contributed by atoms with Crippen molar-refractivity contribution in [2.75, 3.05) is 20.1 Å². The molecule has 1 atom stereocenters. The molecule has 1 aliphatic heterocycles. The van der Waals surface area contributed by atoms with Gasteiger partial charge in [-0.25, -0.2) is 4.98 Å². The van der Waals surface area contributed by atoms with E-state index in [-0.39, 0.29) is 24.4 Å². The summed E-state index contributed by atoms with van der Waals surface area (Å²) < 4.78 is 0. The van der Waals surface area contributed by atoms with E-state index < -0.39 is 0 Å². The number of piperidine rings is 1. The second-order valence-electron chi connectivity index (χ2n) is 5.69. The van der Waals surface area contributed by atoms with Crippen LogP contribution in [0.1, 0.15) is 40.9 Å². The molecule has 22 heavy (non-hydrogen) atoms. The summed E-state index contributed by atoms with van der Waals surface area (Å²) in [7, 11) is 1.62. The third-order valence-corrected chi connectivity index (χ3v) is 5.25. The third kappa shape index (κ3) is 3.55. The maximum Gasteiger partial charge on any atom is 0.246 e. The van der Waals surface area contributed by atoms with Crippen LogP contribution in [0.5, 0.6) is 0 Å². The first kappa shape index (κ1) is 16.7. The highest BCUT2D eigenvalue weighted by Crippen LogP contribution is 2.34. The van der Waals surface area contributed by atoms with Gasteiger partial charge in [0, 0.05) is 18.5 Å². The summed E-state index contributed by atoms with van der Waals surface area (Å²) in [6, 6.07) is 0.0471. The normalized spacial score (nSPS) is 18.1. The highest BCUT2D eigenvalue weighted by atomic mass is 32.1. The molecule has 120 valence electrons. The maximum atomic E-state index is 12.6. The van der Waals surface area contributed by atoms with Crippen LogP contribution in [0.3, 0.4) is 0 Å². The van der Waals surface area contributed by atoms with Gasteiger partial charge in [-0.3, -0.25) is 9.59 Å². The van der Waals surface area contributed by atoms with E-state index in [1.165, 1.54) is 15.9 Å². The minimum Gasteiger partial charge on any atom is -0.333 e. The van der Waals surface area contributed by atoms with Crippen molar-refractivity contribution in [3.05, 3.63) is 28.2 Å². The van der Waals surface area contributed by atoms with Gasteiger partial charge >= 0.3 is 0 Å². The third-order valence-electron chi connectivity index (χ3n) is 4.08. The number of carbonyl (C=O) groups excluding carboxylic acids is 2. The van der Waals surface area contributed by atoms with Crippen LogP contribution in [-0.2, 0) is 9.59 Å². The number of amides is 2. The molecule has 0 bridgehead atoms. The Labute approximate surface area is 135 Å². The van der Waals surface area contributed by atoms with Crippen LogP contribution in [0.25, 0.3) is 0 Å². The molecule has 1 aliphatic rings. The number of likely N-dealkylation sites (N-methyl/N-ethyl adjacent to an activating group) is 1. The maximum absolute atomic E-state index is 12.6. The van der Waals surface area contributed by atoms with Gasteiger partial charge in [-0.1, -0.05) is 6.58 Å². The molecule has 1 unspecified atom stereocenters. The molecule has 2 rings (SSSR count). The topological polar surface area (TPSA) is 53.5 Å². The Kier molecular flexibility index (Phi) is 5.34. The molecule has 1 aromatic rings. The lowest BCUT2D eigenvalue weighted by Gasteiger charge is -2.35. The van der Waals surface area contributed by atoms with Gasteiger partial charge in [0.05, 0.1) is 18.3 Å². The first-order valence-electron chi connectivity index (χ1n) is 7.55. The number of likely N-dealkylation sites (tertiary alicyclic amines) is 1. The predicted molar refractivity (Wildman–Crippen MR) is 87.7 cm³/mol. The van der Waals surface area contributed by atoms with Crippen molar-refractivity contribution < 1.29 is 9.59 Å². The van der Waals surface area contributed by atoms with Crippen LogP contribution in [0.4, 0.5) is 0 Å². The van der Waals surface area contributed by atoms with Gasteiger partial charge in [0.2, 0.25) is 11.8 Å². The van der Waals surface area contributed by atoms with Crippen LogP contribution < -0.4 is 0 Å². The largest absolute Gasteiger partial charge is 0.333 e. The molecule has 6 heteroatoms. The molecular weight excluding hydrogens is 298 g/mol. The van der Waals surface area contributed by atoms with Crippen molar-refractivity contribution >= 4 is 23.2 Å². The monoisotopic (exact) mass is 321 g/mol. The van der Waals surface area contributed by atoms with Gasteiger partial charge in [-0.2, -0.15) is 0 Å². The van der Waals surface area contributed by atoms with Gasteiger partial charge in [-0.15, -0.1) is 11.3 Å². The highest BCUT2D eigenvalue weighted by Gasteiger charge is 2.31. The van der Waals surface area contributed by atoms with E-state index in [9.17, 15) is 9.59 Å². The summed E-state index contributed by atoms with van der Waals surface area (Å²) >= 11 is 1.67. The molecule has 0 saturated carbocycles. The second-order valence-corrected chi connectivity index (χ2v) is 6.93. The molecule has 0 spiro atoms. The first-order valence-corrected chi connectivity index (χ1v) is 8.36. The van der Waals surface area contributed by atoms with E-state index in [2.05, 4.69) is 18.5 Å². The van der Waals surface area contributed by atoms with Crippen molar-refractivity contribution in [2.45, 2.75) is 39.2 Å². The van der Waals surface area contributed by atoms with Gasteiger partial charge < -0.3 is 9.80 Å². The summed E-state index contributed by atoms with van der Waals surface area (Å²) in [6.07, 6.45) is 4.28. The summed E-state index contributed by atoms with van der Waals surface area (Å²) in [5.74, 6) is -0.254. The minimum absolute atomic E-state index is 0.0205. The number of nitrogens with zero attached hydrogens (tertiary/aromatic N) is 3. The van der Waals surface area contributed by atoms with Crippen molar-refractivity contribution in [1.82, 2.24) is 14.8 Å². The van der Waals surface area contributed by atoms with E-state index in [4.69, 9.17) is 0 Å². The lowest BCUT2D eigenvalue weighted by Crippen LogP contribution is -2.44. The molecule has 0 radical (unpaired) electrons. The van der Waals surface area contributed by atoms with Gasteiger partial charge in [-0.05, 0) is 39.2 Å². The first-order chi connectivity index (χ1) is 10.4. The number of aryl methyl sites for hydroxylation is 2. The highest BCUT2D eigenvalue weighted by molar-refractivity contribution is 7.11. The molecule has 0 N–H and O–H groups in total. The van der Waals surface area contributed by atoms with E-state index >= 15 is 0 Å². The predicted octanol–water partition coefficient (Wildman–Crippen LogP) is 2.46. The zero-order valence-electron chi connectivity index (χ0n) is 13.5. The smallest absolute Gasteiger partial charge is 0.246 e. The Morgan fingerprint density at radius 3 is 2.77 bits per heavy atom. The van der Waals surface area contributed by atoms with E-state index in [1.54, 1.807) is 18.4 Å². The van der Waals surface area contributed by atoms with Crippen molar-refractivity contribution in [1.29, 1.82) is 0 Å². The number of rotatable bonds is 4. The van der Waals surface area contributed by atoms with Crippen LogP contribution in [0, 0.1) is 13.8 Å². The molecule has 2 amide bonds. The summed E-state index contributed by atoms with van der Waals surface area (Å²) in [5.41, 5.74) is 1.04. The summed E-state index contributed by atoms with van der Waals surface area (Å²) in [5, 5.41) is 1.01. The van der Waals surface area contributed by atoms with E-state index in [0.717, 1.165) is 36.5 Å². The molecular formula is C16H23N3O2S. The molecule has 2 heterocycles. The summed E-state index contributed by atoms with van der Waals surface area (Å²) in [4.78, 5) is 33.2. The molecule has 1 aromatic heterocycles. The van der Waals surface area contributed by atoms with Gasteiger partial charge in [0.15, 0.2) is 0 Å². The lowest BCUT2D eigenvalue weighted by atomic mass is 10.0. The van der Waals surface area contributed by atoms with E-state index in [1.807, 2.05) is 11.8 Å². The number of carbonyl (C=O) groups is 2. The summed E-state index contributed by atoms with van der Waals surface area (Å²) in [6.45, 7) is 8.33. The Bertz CT molecular complexity index is 562. The average Bonchev–Trinajstić information content (AvgIpc) is 2.85. The second kappa shape index (κ2) is 7.05. The zero-order valence-corrected chi connectivity index (χ0v) is 14.3. The van der Waals surface area contributed by atoms with E-state index in [0.29, 0.717) is 0 Å². The number of hydrogen-bond donors (Lipinski definition) is 0. The lowest BCUT2D eigenvalue weighted by molar-refractivity contribution is -0.140. The van der Waals surface area contributed by atoms with Gasteiger partial charge in [0.25, 0.3) is 0 Å². The fourth-order valence-electron chi connectivity index (χ4n) is 2.65. The SMILES string of the molecule is C=CC(=O)N(C)CC(=O)N1CCCCC1c1nc(C)c(C)s1. The average molecular weight is 321 g/mol. The molecule has 0 aliphatic carbocycles. The van der Waals surface area contributed by atoms with Crippen molar-refractivity contribution in [3.63, 3.8) is 0 Å². The van der Waals surface area contributed by atoms with Crippen LogP contribution >= 0.6 is 11.3 Å². The Hall–Kier alpha value is -1.69.